The second kappa shape index (κ2) is 15.1. The van der Waals surface area contributed by atoms with E-state index in [1.165, 1.54) is 0 Å². The molecule has 5 rings (SSSR count). The minimum Gasteiger partial charge on any atom is -0.496 e. The van der Waals surface area contributed by atoms with Crippen LogP contribution < -0.4 is 26.0 Å². The topological polar surface area (TPSA) is 138 Å². The van der Waals surface area contributed by atoms with Crippen LogP contribution in [-0.2, 0) is 17.9 Å². The Morgan fingerprint density at radius 2 is 1.96 bits per heavy atom. The largest absolute Gasteiger partial charge is 0.496 e. The molecule has 45 heavy (non-hydrogen) atoms. The number of pyridine rings is 2. The Kier molecular flexibility index (Phi) is 10.7. The van der Waals surface area contributed by atoms with E-state index in [1.54, 1.807) is 25.6 Å². The predicted molar refractivity (Wildman–Crippen MR) is 175 cm³/mol. The third-order valence-electron chi connectivity index (χ3n) is 7.79. The number of carbonyl (C=O) groups is 2. The van der Waals surface area contributed by atoms with Gasteiger partial charge in [-0.25, -0.2) is 0 Å². The first-order chi connectivity index (χ1) is 21.9. The molecule has 3 heterocycles. The van der Waals surface area contributed by atoms with Gasteiger partial charge in [-0.2, -0.15) is 0 Å². The van der Waals surface area contributed by atoms with Gasteiger partial charge in [-0.1, -0.05) is 41.9 Å². The van der Waals surface area contributed by atoms with Crippen molar-refractivity contribution in [3.63, 3.8) is 0 Å². The molecule has 0 bridgehead atoms. The molecule has 0 radical (unpaired) electrons. The number of aliphatic hydroxyl groups is 1. The number of hydrogen-bond donors (Lipinski definition) is 5. The van der Waals surface area contributed by atoms with E-state index in [-0.39, 0.29) is 24.5 Å². The summed E-state index contributed by atoms with van der Waals surface area (Å²) < 4.78 is 5.70. The Balaban J connectivity index is 1.32. The number of ether oxygens (including phenoxy) is 1. The van der Waals surface area contributed by atoms with Gasteiger partial charge in [0, 0.05) is 73.4 Å². The van der Waals surface area contributed by atoms with Crippen LogP contribution >= 0.6 is 11.6 Å². The smallest absolute Gasteiger partial charge is 0.274 e. The van der Waals surface area contributed by atoms with Gasteiger partial charge in [0.05, 0.1) is 24.4 Å². The summed E-state index contributed by atoms with van der Waals surface area (Å²) in [7, 11) is 1.63. The van der Waals surface area contributed by atoms with Gasteiger partial charge in [0.15, 0.2) is 0 Å². The number of carbonyl (C=O) groups excluding carboxylic acids is 2. The molecule has 1 fully saturated rings. The lowest BCUT2D eigenvalue weighted by Gasteiger charge is -2.16. The molecular weight excluding hydrogens is 592 g/mol. The predicted octanol–water partition coefficient (Wildman–Crippen LogP) is 4.48. The van der Waals surface area contributed by atoms with E-state index < -0.39 is 0 Å². The van der Waals surface area contributed by atoms with Crippen molar-refractivity contribution >= 4 is 29.1 Å². The number of nitrogens with zero attached hydrogens (tertiary/aromatic N) is 2. The highest BCUT2D eigenvalue weighted by atomic mass is 35.5. The Hall–Kier alpha value is -4.35. The quantitative estimate of drug-likeness (QED) is 0.137. The number of rotatable bonds is 13. The molecule has 0 spiro atoms. The molecule has 4 aromatic rings. The molecule has 5 N–H and O–H groups in total. The van der Waals surface area contributed by atoms with Gasteiger partial charge in [0.1, 0.15) is 11.4 Å². The van der Waals surface area contributed by atoms with Crippen LogP contribution in [0.1, 0.15) is 40.0 Å². The molecule has 0 aliphatic carbocycles. The summed E-state index contributed by atoms with van der Waals surface area (Å²) in [6.07, 6.45) is 4.79. The highest BCUT2D eigenvalue weighted by Crippen LogP contribution is 2.39. The molecule has 10 nitrogen and oxygen atoms in total. The minimum absolute atomic E-state index is 0.0585. The van der Waals surface area contributed by atoms with Crippen LogP contribution in [0.3, 0.4) is 0 Å². The lowest BCUT2D eigenvalue weighted by molar-refractivity contribution is -0.119. The Morgan fingerprint density at radius 3 is 2.69 bits per heavy atom. The minimum atomic E-state index is -0.318. The van der Waals surface area contributed by atoms with E-state index in [9.17, 15) is 9.59 Å². The fraction of sp³-hybridized carbons (Fsp3) is 0.294. The molecular formula is C34H37ClN6O4. The SMILES string of the molecule is COc1cc(-c2nccc(-c3cccc(NC(=O)c4ccc(CNCCO)cn4)c3C)c2Cl)ccc1CNC[C@@H]1CCC(=O)N1. The number of aromatic nitrogens is 2. The first kappa shape index (κ1) is 32.1. The normalized spacial score (nSPS) is 14.3. The van der Waals surface area contributed by atoms with Gasteiger partial charge in [0.25, 0.3) is 5.91 Å². The molecule has 1 aliphatic heterocycles. The monoisotopic (exact) mass is 628 g/mol. The van der Waals surface area contributed by atoms with Crippen molar-refractivity contribution in [2.45, 2.75) is 38.9 Å². The highest BCUT2D eigenvalue weighted by Gasteiger charge is 2.21. The Labute approximate surface area is 267 Å². The summed E-state index contributed by atoms with van der Waals surface area (Å²) in [5, 5.41) is 21.9. The van der Waals surface area contributed by atoms with E-state index in [0.29, 0.717) is 60.4 Å². The number of benzene rings is 2. The average molecular weight is 629 g/mol. The number of amides is 2. The fourth-order valence-electron chi connectivity index (χ4n) is 5.33. The molecule has 1 saturated heterocycles. The summed E-state index contributed by atoms with van der Waals surface area (Å²) in [6, 6.07) is 17.1. The maximum Gasteiger partial charge on any atom is 0.274 e. The first-order valence-corrected chi connectivity index (χ1v) is 15.3. The van der Waals surface area contributed by atoms with Crippen molar-refractivity contribution in [1.82, 2.24) is 25.9 Å². The zero-order valence-electron chi connectivity index (χ0n) is 25.3. The van der Waals surface area contributed by atoms with E-state index >= 15 is 0 Å². The summed E-state index contributed by atoms with van der Waals surface area (Å²) in [5.41, 5.74) is 6.79. The van der Waals surface area contributed by atoms with E-state index in [1.807, 2.05) is 55.5 Å². The number of halogens is 1. The van der Waals surface area contributed by atoms with Gasteiger partial charge in [0.2, 0.25) is 5.91 Å². The Bertz CT molecular complexity index is 1660. The number of anilines is 1. The van der Waals surface area contributed by atoms with Gasteiger partial charge in [-0.15, -0.1) is 0 Å². The van der Waals surface area contributed by atoms with Gasteiger partial charge >= 0.3 is 0 Å². The lowest BCUT2D eigenvalue weighted by atomic mass is 9.97. The summed E-state index contributed by atoms with van der Waals surface area (Å²) in [4.78, 5) is 33.4. The summed E-state index contributed by atoms with van der Waals surface area (Å²) in [6.45, 7) is 4.33. The van der Waals surface area contributed by atoms with Crippen LogP contribution in [0.25, 0.3) is 22.4 Å². The van der Waals surface area contributed by atoms with Crippen LogP contribution in [0.15, 0.2) is 67.0 Å². The number of methoxy groups -OCH3 is 1. The van der Waals surface area contributed by atoms with E-state index in [0.717, 1.165) is 39.8 Å². The van der Waals surface area contributed by atoms with Crippen molar-refractivity contribution < 1.29 is 19.4 Å². The third-order valence-corrected chi connectivity index (χ3v) is 8.17. The lowest BCUT2D eigenvalue weighted by Crippen LogP contribution is -2.35. The standard InChI is InChI=1S/C34H37ClN6O4/c1-21-26(4-3-5-28(21)41-34(44)29-10-6-22(18-39-29)17-36-14-15-42)27-12-13-38-33(32(27)35)23-7-8-24(30(16-23)45-2)19-37-20-25-9-11-31(43)40-25/h3-8,10,12-13,16,18,25,36-37,42H,9,11,14-15,17,19-20H2,1-2H3,(H,40,43)(H,41,44)/t25-/m0/s1. The van der Waals surface area contributed by atoms with Crippen molar-refractivity contribution in [1.29, 1.82) is 0 Å². The van der Waals surface area contributed by atoms with E-state index in [2.05, 4.69) is 31.2 Å². The number of nitrogens with one attached hydrogen (secondary N) is 4. The Morgan fingerprint density at radius 1 is 1.09 bits per heavy atom. The third kappa shape index (κ3) is 7.84. The summed E-state index contributed by atoms with van der Waals surface area (Å²) in [5.74, 6) is 0.495. The second-order valence-corrected chi connectivity index (χ2v) is 11.2. The van der Waals surface area contributed by atoms with Crippen molar-refractivity contribution in [3.05, 3.63) is 94.4 Å². The highest BCUT2D eigenvalue weighted by molar-refractivity contribution is 6.35. The average Bonchev–Trinajstić information content (AvgIpc) is 3.47. The van der Waals surface area contributed by atoms with Gasteiger partial charge < -0.3 is 31.1 Å². The molecule has 234 valence electrons. The van der Waals surface area contributed by atoms with Crippen LogP contribution in [-0.4, -0.2) is 59.7 Å². The molecule has 1 atom stereocenters. The van der Waals surface area contributed by atoms with Crippen molar-refractivity contribution in [2.75, 3.05) is 32.1 Å². The van der Waals surface area contributed by atoms with Gasteiger partial charge in [-0.3, -0.25) is 19.6 Å². The maximum absolute atomic E-state index is 13.0. The number of aliphatic hydroxyl groups excluding tert-OH is 1. The maximum atomic E-state index is 13.0. The molecule has 0 unspecified atom stereocenters. The van der Waals surface area contributed by atoms with Crippen LogP contribution in [0, 0.1) is 6.92 Å². The van der Waals surface area contributed by atoms with E-state index in [4.69, 9.17) is 21.4 Å². The van der Waals surface area contributed by atoms with Crippen molar-refractivity contribution in [3.8, 4) is 28.1 Å². The zero-order chi connectivity index (χ0) is 31.8. The second-order valence-electron chi connectivity index (χ2n) is 10.9. The zero-order valence-corrected chi connectivity index (χ0v) is 26.1. The molecule has 2 amide bonds. The van der Waals surface area contributed by atoms with Crippen LogP contribution in [0.2, 0.25) is 5.02 Å². The number of hydrogen-bond acceptors (Lipinski definition) is 8. The fourth-order valence-corrected chi connectivity index (χ4v) is 5.65. The van der Waals surface area contributed by atoms with Crippen LogP contribution in [0.4, 0.5) is 5.69 Å². The first-order valence-electron chi connectivity index (χ1n) is 14.9. The molecule has 1 aliphatic rings. The van der Waals surface area contributed by atoms with Crippen molar-refractivity contribution in [2.24, 2.45) is 0 Å². The molecule has 2 aromatic carbocycles. The molecule has 0 saturated carbocycles. The van der Waals surface area contributed by atoms with Crippen LogP contribution in [0.5, 0.6) is 5.75 Å². The summed E-state index contributed by atoms with van der Waals surface area (Å²) >= 11 is 7.00. The molecule has 2 aromatic heterocycles. The van der Waals surface area contributed by atoms with Gasteiger partial charge in [-0.05, 0) is 54.3 Å². The molecule has 11 heteroatoms.